The Bertz CT molecular complexity index is 571. The van der Waals surface area contributed by atoms with Gasteiger partial charge in [-0.05, 0) is 25.1 Å². The molecule has 0 aliphatic carbocycles. The number of hydrogen-bond acceptors (Lipinski definition) is 4. The SMILES string of the molecule is Cc1csc(CNCC(=O)Nc2cccc(F)c2)n1. The molecule has 100 valence electrons. The summed E-state index contributed by atoms with van der Waals surface area (Å²) in [4.78, 5) is 15.9. The second kappa shape index (κ2) is 6.40. The highest BCUT2D eigenvalue weighted by molar-refractivity contribution is 7.09. The van der Waals surface area contributed by atoms with Gasteiger partial charge in [0, 0.05) is 23.3 Å². The quantitative estimate of drug-likeness (QED) is 0.883. The molecule has 2 N–H and O–H groups in total. The Labute approximate surface area is 114 Å². The molecule has 0 saturated carbocycles. The summed E-state index contributed by atoms with van der Waals surface area (Å²) < 4.78 is 12.9. The van der Waals surface area contributed by atoms with Crippen molar-refractivity contribution in [2.75, 3.05) is 11.9 Å². The van der Waals surface area contributed by atoms with E-state index in [1.54, 1.807) is 23.5 Å². The molecule has 0 radical (unpaired) electrons. The number of aryl methyl sites for hydroxylation is 1. The Morgan fingerprint density at radius 3 is 3.00 bits per heavy atom. The number of halogens is 1. The van der Waals surface area contributed by atoms with Gasteiger partial charge in [0.05, 0.1) is 6.54 Å². The van der Waals surface area contributed by atoms with E-state index < -0.39 is 0 Å². The van der Waals surface area contributed by atoms with Crippen molar-refractivity contribution < 1.29 is 9.18 Å². The van der Waals surface area contributed by atoms with E-state index in [0.717, 1.165) is 10.7 Å². The van der Waals surface area contributed by atoms with Crippen LogP contribution in [0.3, 0.4) is 0 Å². The summed E-state index contributed by atoms with van der Waals surface area (Å²) >= 11 is 1.55. The molecule has 2 rings (SSSR count). The predicted molar refractivity (Wildman–Crippen MR) is 73.6 cm³/mol. The van der Waals surface area contributed by atoms with Gasteiger partial charge in [0.25, 0.3) is 0 Å². The van der Waals surface area contributed by atoms with E-state index in [4.69, 9.17) is 0 Å². The standard InChI is InChI=1S/C13H14FN3OS/c1-9-8-19-13(16-9)7-15-6-12(18)17-11-4-2-3-10(14)5-11/h2-5,8,15H,6-7H2,1H3,(H,17,18). The van der Waals surface area contributed by atoms with Crippen molar-refractivity contribution in [1.29, 1.82) is 0 Å². The number of nitrogens with one attached hydrogen (secondary N) is 2. The lowest BCUT2D eigenvalue weighted by molar-refractivity contribution is -0.115. The minimum atomic E-state index is -0.371. The Kier molecular flexibility index (Phi) is 4.59. The number of rotatable bonds is 5. The van der Waals surface area contributed by atoms with Gasteiger partial charge in [0.1, 0.15) is 10.8 Å². The fourth-order valence-corrected chi connectivity index (χ4v) is 2.28. The molecule has 0 unspecified atom stereocenters. The number of carbonyl (C=O) groups is 1. The van der Waals surface area contributed by atoms with Crippen LogP contribution in [0.4, 0.5) is 10.1 Å². The first-order valence-corrected chi connectivity index (χ1v) is 6.68. The van der Waals surface area contributed by atoms with Gasteiger partial charge in [-0.3, -0.25) is 4.79 Å². The summed E-state index contributed by atoms with van der Waals surface area (Å²) in [6, 6.07) is 5.81. The van der Waals surface area contributed by atoms with Crippen LogP contribution < -0.4 is 10.6 Å². The summed E-state index contributed by atoms with van der Waals surface area (Å²) in [5, 5.41) is 8.51. The molecule has 6 heteroatoms. The van der Waals surface area contributed by atoms with Gasteiger partial charge in [-0.2, -0.15) is 0 Å². The molecule has 1 amide bonds. The molecule has 0 aliphatic heterocycles. The number of hydrogen-bond donors (Lipinski definition) is 2. The molecule has 0 fully saturated rings. The van der Waals surface area contributed by atoms with Crippen LogP contribution in [0.1, 0.15) is 10.7 Å². The van der Waals surface area contributed by atoms with Crippen molar-refractivity contribution in [3.8, 4) is 0 Å². The molecule has 0 bridgehead atoms. The molecular weight excluding hydrogens is 265 g/mol. The second-order valence-electron chi connectivity index (χ2n) is 4.04. The number of aromatic nitrogens is 1. The van der Waals surface area contributed by atoms with E-state index in [9.17, 15) is 9.18 Å². The molecular formula is C13H14FN3OS. The first-order valence-electron chi connectivity index (χ1n) is 5.80. The summed E-state index contributed by atoms with van der Waals surface area (Å²) in [6.07, 6.45) is 0. The second-order valence-corrected chi connectivity index (χ2v) is 4.99. The number of thiazole rings is 1. The van der Waals surface area contributed by atoms with Crippen molar-refractivity contribution in [2.24, 2.45) is 0 Å². The molecule has 0 spiro atoms. The zero-order chi connectivity index (χ0) is 13.7. The average Bonchev–Trinajstić information content (AvgIpc) is 2.75. The Balaban J connectivity index is 1.76. The summed E-state index contributed by atoms with van der Waals surface area (Å²) in [6.45, 7) is 2.64. The van der Waals surface area contributed by atoms with Crippen LogP contribution in [-0.4, -0.2) is 17.4 Å². The van der Waals surface area contributed by atoms with E-state index in [2.05, 4.69) is 15.6 Å². The van der Waals surface area contributed by atoms with Crippen LogP contribution in [-0.2, 0) is 11.3 Å². The van der Waals surface area contributed by atoms with Gasteiger partial charge in [0.2, 0.25) is 5.91 Å². The number of amides is 1. The van der Waals surface area contributed by atoms with Crippen molar-refractivity contribution in [3.05, 3.63) is 46.2 Å². The largest absolute Gasteiger partial charge is 0.325 e. The van der Waals surface area contributed by atoms with Crippen molar-refractivity contribution in [1.82, 2.24) is 10.3 Å². The average molecular weight is 279 g/mol. The van der Waals surface area contributed by atoms with Crippen LogP contribution in [0.2, 0.25) is 0 Å². The maximum atomic E-state index is 12.9. The smallest absolute Gasteiger partial charge is 0.238 e. The van der Waals surface area contributed by atoms with E-state index >= 15 is 0 Å². The van der Waals surface area contributed by atoms with Gasteiger partial charge in [-0.15, -0.1) is 11.3 Å². The topological polar surface area (TPSA) is 54.0 Å². The van der Waals surface area contributed by atoms with Crippen molar-refractivity contribution in [2.45, 2.75) is 13.5 Å². The molecule has 4 nitrogen and oxygen atoms in total. The van der Waals surface area contributed by atoms with Crippen LogP contribution in [0.5, 0.6) is 0 Å². The monoisotopic (exact) mass is 279 g/mol. The molecule has 1 heterocycles. The first kappa shape index (κ1) is 13.6. The van der Waals surface area contributed by atoms with Gasteiger partial charge in [0.15, 0.2) is 0 Å². The Morgan fingerprint density at radius 2 is 2.32 bits per heavy atom. The maximum absolute atomic E-state index is 12.9. The Hall–Kier alpha value is -1.79. The minimum absolute atomic E-state index is 0.162. The highest BCUT2D eigenvalue weighted by Gasteiger charge is 2.04. The highest BCUT2D eigenvalue weighted by Crippen LogP contribution is 2.09. The van der Waals surface area contributed by atoms with Crippen molar-refractivity contribution in [3.63, 3.8) is 0 Å². The molecule has 0 atom stereocenters. The zero-order valence-electron chi connectivity index (χ0n) is 10.4. The maximum Gasteiger partial charge on any atom is 0.238 e. The third-order valence-electron chi connectivity index (χ3n) is 2.34. The first-order chi connectivity index (χ1) is 9.13. The third-order valence-corrected chi connectivity index (χ3v) is 3.30. The third kappa shape index (κ3) is 4.42. The zero-order valence-corrected chi connectivity index (χ0v) is 11.3. The van der Waals surface area contributed by atoms with Gasteiger partial charge in [-0.1, -0.05) is 6.07 Å². The number of carbonyl (C=O) groups excluding carboxylic acids is 1. The highest BCUT2D eigenvalue weighted by atomic mass is 32.1. The van der Waals surface area contributed by atoms with Crippen LogP contribution in [0.25, 0.3) is 0 Å². The summed E-state index contributed by atoms with van der Waals surface area (Å²) in [7, 11) is 0. The summed E-state index contributed by atoms with van der Waals surface area (Å²) in [5.74, 6) is -0.581. The van der Waals surface area contributed by atoms with E-state index in [1.165, 1.54) is 12.1 Å². The lowest BCUT2D eigenvalue weighted by atomic mass is 10.3. The minimum Gasteiger partial charge on any atom is -0.325 e. The summed E-state index contributed by atoms with van der Waals surface area (Å²) in [5.41, 5.74) is 1.43. The van der Waals surface area contributed by atoms with Crippen molar-refractivity contribution >= 4 is 22.9 Å². The van der Waals surface area contributed by atoms with Crippen LogP contribution in [0, 0.1) is 12.7 Å². The molecule has 1 aromatic heterocycles. The van der Waals surface area contributed by atoms with E-state index in [1.807, 2.05) is 12.3 Å². The Morgan fingerprint density at radius 1 is 1.47 bits per heavy atom. The number of nitrogens with zero attached hydrogens (tertiary/aromatic N) is 1. The molecule has 0 saturated heterocycles. The van der Waals surface area contributed by atoms with Crippen LogP contribution in [0.15, 0.2) is 29.6 Å². The fraction of sp³-hybridized carbons (Fsp3) is 0.231. The van der Waals surface area contributed by atoms with Gasteiger partial charge >= 0.3 is 0 Å². The number of anilines is 1. The fourth-order valence-electron chi connectivity index (χ4n) is 1.54. The van der Waals surface area contributed by atoms with Gasteiger partial charge < -0.3 is 10.6 Å². The van der Waals surface area contributed by atoms with Crippen LogP contribution >= 0.6 is 11.3 Å². The number of benzene rings is 1. The molecule has 2 aromatic rings. The normalized spacial score (nSPS) is 10.4. The lowest BCUT2D eigenvalue weighted by Crippen LogP contribution is -2.27. The predicted octanol–water partition coefficient (Wildman–Crippen LogP) is 2.32. The van der Waals surface area contributed by atoms with E-state index in [-0.39, 0.29) is 18.3 Å². The van der Waals surface area contributed by atoms with E-state index in [0.29, 0.717) is 12.2 Å². The lowest BCUT2D eigenvalue weighted by Gasteiger charge is -2.05. The molecule has 1 aromatic carbocycles. The van der Waals surface area contributed by atoms with Gasteiger partial charge in [-0.25, -0.2) is 9.37 Å². The molecule has 19 heavy (non-hydrogen) atoms. The molecule has 0 aliphatic rings.